The number of nitrogens with zero attached hydrogens (tertiary/aromatic N) is 1. The van der Waals surface area contributed by atoms with Gasteiger partial charge in [-0.25, -0.2) is 0 Å². The first-order valence-electron chi connectivity index (χ1n) is 5.69. The van der Waals surface area contributed by atoms with E-state index in [1.165, 1.54) is 0 Å². The largest absolute Gasteiger partial charge is 0.493 e. The average molecular weight is 318 g/mol. The Hall–Kier alpha value is -1.99. The van der Waals surface area contributed by atoms with Gasteiger partial charge in [-0.2, -0.15) is 5.26 Å². The molecule has 0 spiro atoms. The van der Waals surface area contributed by atoms with E-state index in [-0.39, 0.29) is 0 Å². The van der Waals surface area contributed by atoms with Crippen LogP contribution in [-0.2, 0) is 6.61 Å². The maximum absolute atomic E-state index is 9.08. The molecule has 96 valence electrons. The summed E-state index contributed by atoms with van der Waals surface area (Å²) in [5, 5.41) is 9.08. The molecule has 0 heterocycles. The Kier molecular flexibility index (Phi) is 4.43. The molecule has 4 heteroatoms. The minimum absolute atomic E-state index is 0.391. The lowest BCUT2D eigenvalue weighted by atomic mass is 10.2. The zero-order valence-electron chi connectivity index (χ0n) is 10.4. The molecule has 0 aliphatic carbocycles. The van der Waals surface area contributed by atoms with Crippen LogP contribution in [0, 0.1) is 11.3 Å². The van der Waals surface area contributed by atoms with Crippen molar-refractivity contribution in [3.05, 3.63) is 58.1 Å². The molecule has 0 fully saturated rings. The Balaban J connectivity index is 2.19. The lowest BCUT2D eigenvalue weighted by Gasteiger charge is -2.12. The minimum Gasteiger partial charge on any atom is -0.493 e. The zero-order chi connectivity index (χ0) is 13.7. The van der Waals surface area contributed by atoms with Crippen LogP contribution in [0.25, 0.3) is 0 Å². The predicted octanol–water partition coefficient (Wildman–Crippen LogP) is 3.91. The third-order valence-electron chi connectivity index (χ3n) is 2.62. The van der Waals surface area contributed by atoms with Crippen molar-refractivity contribution in [3.63, 3.8) is 0 Å². The van der Waals surface area contributed by atoms with E-state index in [4.69, 9.17) is 14.7 Å². The highest BCUT2D eigenvalue weighted by atomic mass is 79.9. The van der Waals surface area contributed by atoms with Gasteiger partial charge in [-0.05, 0) is 29.8 Å². The summed E-state index contributed by atoms with van der Waals surface area (Å²) in [4.78, 5) is 0. The Morgan fingerprint density at radius 1 is 1.16 bits per heavy atom. The molecule has 0 amide bonds. The predicted molar refractivity (Wildman–Crippen MR) is 76.2 cm³/mol. The van der Waals surface area contributed by atoms with E-state index < -0.39 is 0 Å². The summed E-state index contributed by atoms with van der Waals surface area (Å²) < 4.78 is 11.9. The van der Waals surface area contributed by atoms with Crippen molar-refractivity contribution in [2.75, 3.05) is 7.11 Å². The van der Waals surface area contributed by atoms with Crippen LogP contribution in [0.4, 0.5) is 0 Å². The number of rotatable bonds is 4. The number of ether oxygens (including phenoxy) is 2. The van der Waals surface area contributed by atoms with Gasteiger partial charge in [0, 0.05) is 4.47 Å². The molecule has 0 aliphatic heterocycles. The van der Waals surface area contributed by atoms with Crippen molar-refractivity contribution >= 4 is 15.9 Å². The third kappa shape index (κ3) is 3.27. The van der Waals surface area contributed by atoms with Crippen molar-refractivity contribution in [2.45, 2.75) is 6.61 Å². The van der Waals surface area contributed by atoms with Gasteiger partial charge < -0.3 is 9.47 Å². The second-order valence-corrected chi connectivity index (χ2v) is 4.78. The minimum atomic E-state index is 0.391. The Morgan fingerprint density at radius 3 is 2.53 bits per heavy atom. The number of para-hydroxylation sites is 1. The van der Waals surface area contributed by atoms with E-state index in [9.17, 15) is 0 Å². The lowest BCUT2D eigenvalue weighted by Crippen LogP contribution is -1.99. The monoisotopic (exact) mass is 317 g/mol. The molecule has 0 aromatic heterocycles. The van der Waals surface area contributed by atoms with Gasteiger partial charge in [0.15, 0.2) is 11.5 Å². The number of halogens is 1. The summed E-state index contributed by atoms with van der Waals surface area (Å²) >= 11 is 3.38. The molecule has 0 radical (unpaired) electrons. The van der Waals surface area contributed by atoms with Crippen molar-refractivity contribution in [1.82, 2.24) is 0 Å². The van der Waals surface area contributed by atoms with E-state index in [2.05, 4.69) is 22.0 Å². The fourth-order valence-corrected chi connectivity index (χ4v) is 1.91. The normalized spacial score (nSPS) is 9.74. The summed E-state index contributed by atoms with van der Waals surface area (Å²) in [5.41, 5.74) is 1.49. The maximum Gasteiger partial charge on any atom is 0.179 e. The molecule has 0 aliphatic rings. The number of hydrogen-bond donors (Lipinski definition) is 0. The first-order chi connectivity index (χ1) is 9.24. The smallest absolute Gasteiger partial charge is 0.179 e. The summed E-state index contributed by atoms with van der Waals surface area (Å²) in [6, 6.07) is 15.2. The fourth-order valence-electron chi connectivity index (χ4n) is 1.65. The van der Waals surface area contributed by atoms with Gasteiger partial charge in [-0.3, -0.25) is 0 Å². The average Bonchev–Trinajstić information content (AvgIpc) is 2.46. The third-order valence-corrected chi connectivity index (χ3v) is 3.14. The Morgan fingerprint density at radius 2 is 1.89 bits per heavy atom. The van der Waals surface area contributed by atoms with E-state index >= 15 is 0 Å². The van der Waals surface area contributed by atoms with Crippen LogP contribution in [0.3, 0.4) is 0 Å². The number of nitriles is 1. The molecule has 2 rings (SSSR count). The van der Waals surface area contributed by atoms with Crippen LogP contribution < -0.4 is 9.47 Å². The molecule has 19 heavy (non-hydrogen) atoms. The topological polar surface area (TPSA) is 42.2 Å². The van der Waals surface area contributed by atoms with Crippen molar-refractivity contribution in [1.29, 1.82) is 5.26 Å². The summed E-state index contributed by atoms with van der Waals surface area (Å²) in [6.45, 7) is 0.391. The Labute approximate surface area is 120 Å². The zero-order valence-corrected chi connectivity index (χ0v) is 12.0. The second-order valence-electron chi connectivity index (χ2n) is 3.86. The highest BCUT2D eigenvalue weighted by Gasteiger charge is 2.10. The van der Waals surface area contributed by atoms with E-state index in [0.717, 1.165) is 10.0 Å². The highest BCUT2D eigenvalue weighted by molar-refractivity contribution is 9.10. The molecule has 0 saturated heterocycles. The van der Waals surface area contributed by atoms with E-state index in [0.29, 0.717) is 23.7 Å². The number of hydrogen-bond acceptors (Lipinski definition) is 3. The van der Waals surface area contributed by atoms with Crippen LogP contribution in [0.15, 0.2) is 46.9 Å². The first-order valence-corrected chi connectivity index (χ1v) is 6.48. The quantitative estimate of drug-likeness (QED) is 0.858. The van der Waals surface area contributed by atoms with Crippen LogP contribution in [0.5, 0.6) is 11.5 Å². The van der Waals surface area contributed by atoms with Gasteiger partial charge in [0.25, 0.3) is 0 Å². The molecular weight excluding hydrogens is 306 g/mol. The van der Waals surface area contributed by atoms with Crippen molar-refractivity contribution in [2.24, 2.45) is 0 Å². The van der Waals surface area contributed by atoms with Gasteiger partial charge >= 0.3 is 0 Å². The highest BCUT2D eigenvalue weighted by Crippen LogP contribution is 2.31. The molecule has 0 N–H and O–H groups in total. The first kappa shape index (κ1) is 13.4. The molecule has 0 saturated carbocycles. The van der Waals surface area contributed by atoms with Crippen LogP contribution >= 0.6 is 15.9 Å². The molecule has 0 unspecified atom stereocenters. The number of benzene rings is 2. The lowest BCUT2D eigenvalue weighted by molar-refractivity contribution is 0.283. The summed E-state index contributed by atoms with van der Waals surface area (Å²) in [6.07, 6.45) is 0. The molecule has 3 nitrogen and oxygen atoms in total. The van der Waals surface area contributed by atoms with Gasteiger partial charge in [-0.1, -0.05) is 34.1 Å². The van der Waals surface area contributed by atoms with Crippen molar-refractivity contribution in [3.8, 4) is 17.6 Å². The fraction of sp³-hybridized carbons (Fsp3) is 0.133. The van der Waals surface area contributed by atoms with E-state index in [1.54, 1.807) is 25.3 Å². The van der Waals surface area contributed by atoms with Crippen LogP contribution in [-0.4, -0.2) is 7.11 Å². The van der Waals surface area contributed by atoms with E-state index in [1.807, 2.05) is 24.3 Å². The SMILES string of the molecule is COc1cccc(C#N)c1OCc1ccc(Br)cc1. The molecule has 0 bridgehead atoms. The Bertz CT molecular complexity index is 603. The maximum atomic E-state index is 9.08. The van der Waals surface area contributed by atoms with Gasteiger partial charge in [0.2, 0.25) is 0 Å². The van der Waals surface area contributed by atoms with Crippen molar-refractivity contribution < 1.29 is 9.47 Å². The van der Waals surface area contributed by atoms with Gasteiger partial charge in [-0.15, -0.1) is 0 Å². The van der Waals surface area contributed by atoms with Gasteiger partial charge in [0.05, 0.1) is 12.7 Å². The van der Waals surface area contributed by atoms with Gasteiger partial charge in [0.1, 0.15) is 12.7 Å². The summed E-state index contributed by atoms with van der Waals surface area (Å²) in [5.74, 6) is 1.05. The molecule has 2 aromatic rings. The summed E-state index contributed by atoms with van der Waals surface area (Å²) in [7, 11) is 1.56. The van der Waals surface area contributed by atoms with Crippen LogP contribution in [0.1, 0.15) is 11.1 Å². The number of methoxy groups -OCH3 is 1. The molecule has 0 atom stereocenters. The molecule has 2 aromatic carbocycles. The van der Waals surface area contributed by atoms with Crippen LogP contribution in [0.2, 0.25) is 0 Å². The second kappa shape index (κ2) is 6.26. The standard InChI is InChI=1S/C15H12BrNO2/c1-18-14-4-2-3-12(9-17)15(14)19-10-11-5-7-13(16)8-6-11/h2-8H,10H2,1H3. The molecular formula is C15H12BrNO2.